The van der Waals surface area contributed by atoms with E-state index in [4.69, 9.17) is 10.5 Å². The quantitative estimate of drug-likeness (QED) is 0.874. The van der Waals surface area contributed by atoms with Crippen molar-refractivity contribution in [2.75, 3.05) is 5.73 Å². The van der Waals surface area contributed by atoms with Crippen molar-refractivity contribution in [1.82, 2.24) is 9.66 Å². The summed E-state index contributed by atoms with van der Waals surface area (Å²) in [5.74, 6) is 1.22. The van der Waals surface area contributed by atoms with Crippen LogP contribution in [0.2, 0.25) is 0 Å². The largest absolute Gasteiger partial charge is 0.488 e. The summed E-state index contributed by atoms with van der Waals surface area (Å²) < 4.78 is 7.31. The summed E-state index contributed by atoms with van der Waals surface area (Å²) in [5.41, 5.74) is 7.33. The van der Waals surface area contributed by atoms with Crippen molar-refractivity contribution in [3.63, 3.8) is 0 Å². The number of ether oxygens (including phenoxy) is 1. The minimum absolute atomic E-state index is 0.196. The highest BCUT2D eigenvalue weighted by molar-refractivity contribution is 5.79. The zero-order chi connectivity index (χ0) is 14.8. The summed E-state index contributed by atoms with van der Waals surface area (Å²) in [6.07, 6.45) is 3.52. The van der Waals surface area contributed by atoms with Crippen LogP contribution in [0.1, 0.15) is 32.0 Å². The van der Waals surface area contributed by atoms with Crippen molar-refractivity contribution in [2.24, 2.45) is 5.10 Å². The van der Waals surface area contributed by atoms with Gasteiger partial charge >= 0.3 is 0 Å². The molecule has 1 heterocycles. The van der Waals surface area contributed by atoms with Gasteiger partial charge in [0.15, 0.2) is 0 Å². The third-order valence-corrected chi connectivity index (χ3v) is 2.47. The second kappa shape index (κ2) is 5.36. The van der Waals surface area contributed by atoms with Crippen LogP contribution in [0.3, 0.4) is 0 Å². The molecule has 106 valence electrons. The summed E-state index contributed by atoms with van der Waals surface area (Å²) in [6, 6.07) is 7.75. The highest BCUT2D eigenvalue weighted by Crippen LogP contribution is 2.18. The van der Waals surface area contributed by atoms with E-state index >= 15 is 0 Å². The molecule has 5 nitrogen and oxygen atoms in total. The summed E-state index contributed by atoms with van der Waals surface area (Å²) in [5, 5.41) is 4.26. The lowest BCUT2D eigenvalue weighted by Crippen LogP contribution is -2.22. The molecule has 2 rings (SSSR count). The van der Waals surface area contributed by atoms with Gasteiger partial charge in [-0.05, 0) is 57.5 Å². The smallest absolute Gasteiger partial charge is 0.221 e. The molecule has 0 atom stereocenters. The molecule has 2 aromatic rings. The van der Waals surface area contributed by atoms with Crippen LogP contribution in [0.5, 0.6) is 5.75 Å². The normalized spacial score (nSPS) is 12.0. The predicted molar refractivity (Wildman–Crippen MR) is 81.2 cm³/mol. The summed E-state index contributed by atoms with van der Waals surface area (Å²) in [7, 11) is 0. The van der Waals surface area contributed by atoms with E-state index in [2.05, 4.69) is 10.1 Å². The highest BCUT2D eigenvalue weighted by Gasteiger charge is 2.11. The number of rotatable bonds is 3. The molecule has 0 saturated heterocycles. The first-order valence-corrected chi connectivity index (χ1v) is 6.48. The van der Waals surface area contributed by atoms with E-state index in [0.717, 1.165) is 17.0 Å². The molecule has 0 bridgehead atoms. The zero-order valence-corrected chi connectivity index (χ0v) is 12.3. The maximum absolute atomic E-state index is 5.76. The maximum atomic E-state index is 5.76. The van der Waals surface area contributed by atoms with Crippen LogP contribution in [-0.2, 0) is 0 Å². The molecule has 20 heavy (non-hydrogen) atoms. The molecule has 0 spiro atoms. The maximum Gasteiger partial charge on any atom is 0.221 e. The number of nitrogens with two attached hydrogens (primary N) is 1. The summed E-state index contributed by atoms with van der Waals surface area (Å²) >= 11 is 0. The number of anilines is 1. The Kier molecular flexibility index (Phi) is 3.79. The van der Waals surface area contributed by atoms with Crippen LogP contribution in [0.15, 0.2) is 35.6 Å². The second-order valence-electron chi connectivity index (χ2n) is 5.61. The fourth-order valence-corrected chi connectivity index (χ4v) is 1.70. The van der Waals surface area contributed by atoms with Gasteiger partial charge in [0.05, 0.1) is 18.1 Å². The molecule has 0 amide bonds. The van der Waals surface area contributed by atoms with Crippen LogP contribution in [0.25, 0.3) is 0 Å². The van der Waals surface area contributed by atoms with Crippen molar-refractivity contribution >= 4 is 12.2 Å². The average Bonchev–Trinajstić information content (AvgIpc) is 2.65. The van der Waals surface area contributed by atoms with Gasteiger partial charge in [0, 0.05) is 0 Å². The van der Waals surface area contributed by atoms with Gasteiger partial charge in [-0.25, -0.2) is 9.66 Å². The first-order chi connectivity index (χ1) is 9.33. The number of nitrogens with zero attached hydrogens (tertiary/aromatic N) is 3. The zero-order valence-electron chi connectivity index (χ0n) is 12.3. The van der Waals surface area contributed by atoms with Crippen molar-refractivity contribution < 1.29 is 4.74 Å². The third-order valence-electron chi connectivity index (χ3n) is 2.47. The number of hydrogen-bond donors (Lipinski definition) is 1. The SMILES string of the molecule is Cc1cn(N=Cc2ccc(OC(C)(C)C)cc2)c(N)n1. The Morgan fingerprint density at radius 3 is 2.40 bits per heavy atom. The van der Waals surface area contributed by atoms with Crippen molar-refractivity contribution in [3.8, 4) is 5.75 Å². The number of nitrogen functional groups attached to an aromatic ring is 1. The predicted octanol–water partition coefficient (Wildman–Crippen LogP) is 2.83. The molecule has 0 fully saturated rings. The highest BCUT2D eigenvalue weighted by atomic mass is 16.5. The molecule has 5 heteroatoms. The van der Waals surface area contributed by atoms with Crippen LogP contribution in [-0.4, -0.2) is 21.5 Å². The Morgan fingerprint density at radius 2 is 1.90 bits per heavy atom. The molecule has 1 aromatic heterocycles. The Morgan fingerprint density at radius 1 is 1.25 bits per heavy atom. The lowest BCUT2D eigenvalue weighted by atomic mass is 10.2. The molecule has 0 unspecified atom stereocenters. The third kappa shape index (κ3) is 3.85. The van der Waals surface area contributed by atoms with E-state index in [1.165, 1.54) is 0 Å². The van der Waals surface area contributed by atoms with Gasteiger partial charge in [-0.1, -0.05) is 0 Å². The summed E-state index contributed by atoms with van der Waals surface area (Å²) in [4.78, 5) is 4.08. The van der Waals surface area contributed by atoms with Crippen molar-refractivity contribution in [1.29, 1.82) is 0 Å². The lowest BCUT2D eigenvalue weighted by Gasteiger charge is -2.21. The molecular formula is C15H20N4O. The average molecular weight is 272 g/mol. The van der Waals surface area contributed by atoms with Gasteiger partial charge in [0.1, 0.15) is 11.4 Å². The molecule has 0 radical (unpaired) electrons. The minimum Gasteiger partial charge on any atom is -0.488 e. The van der Waals surface area contributed by atoms with Gasteiger partial charge in [-0.2, -0.15) is 5.10 Å². The van der Waals surface area contributed by atoms with Crippen LogP contribution in [0, 0.1) is 6.92 Å². The lowest BCUT2D eigenvalue weighted by molar-refractivity contribution is 0.131. The molecule has 0 aliphatic heterocycles. The molecule has 0 saturated carbocycles. The topological polar surface area (TPSA) is 65.4 Å². The fraction of sp³-hybridized carbons (Fsp3) is 0.333. The van der Waals surface area contributed by atoms with Crippen molar-refractivity contribution in [2.45, 2.75) is 33.3 Å². The van der Waals surface area contributed by atoms with E-state index in [1.807, 2.05) is 52.0 Å². The fourth-order valence-electron chi connectivity index (χ4n) is 1.70. The Labute approximate surface area is 119 Å². The number of aromatic nitrogens is 2. The molecule has 0 aliphatic carbocycles. The second-order valence-corrected chi connectivity index (χ2v) is 5.61. The molecular weight excluding hydrogens is 252 g/mol. The standard InChI is InChI=1S/C15H20N4O/c1-11-10-19(14(16)18-11)17-9-12-5-7-13(8-6-12)20-15(2,3)4/h5-10H,1-4H3,(H2,16,18). The minimum atomic E-state index is -0.196. The van der Waals surface area contributed by atoms with E-state index in [9.17, 15) is 0 Å². The van der Waals surface area contributed by atoms with E-state index in [1.54, 1.807) is 17.1 Å². The number of hydrogen-bond acceptors (Lipinski definition) is 4. The first kappa shape index (κ1) is 14.1. The first-order valence-electron chi connectivity index (χ1n) is 6.48. The van der Waals surface area contributed by atoms with Gasteiger partial charge < -0.3 is 10.5 Å². The van der Waals surface area contributed by atoms with Gasteiger partial charge in [0.25, 0.3) is 0 Å². The van der Waals surface area contributed by atoms with E-state index < -0.39 is 0 Å². The Balaban J connectivity index is 2.09. The van der Waals surface area contributed by atoms with Crippen LogP contribution in [0.4, 0.5) is 5.95 Å². The van der Waals surface area contributed by atoms with E-state index in [-0.39, 0.29) is 5.60 Å². The van der Waals surface area contributed by atoms with Crippen LogP contribution < -0.4 is 10.5 Å². The van der Waals surface area contributed by atoms with Crippen LogP contribution >= 0.6 is 0 Å². The summed E-state index contributed by atoms with van der Waals surface area (Å²) in [6.45, 7) is 7.94. The number of aryl methyl sites for hydroxylation is 1. The number of imidazole rings is 1. The van der Waals surface area contributed by atoms with Gasteiger partial charge in [-0.15, -0.1) is 0 Å². The Bertz CT molecular complexity index is 606. The molecule has 0 aliphatic rings. The van der Waals surface area contributed by atoms with E-state index in [0.29, 0.717) is 5.95 Å². The van der Waals surface area contributed by atoms with Crippen molar-refractivity contribution in [3.05, 3.63) is 41.7 Å². The number of benzene rings is 1. The monoisotopic (exact) mass is 272 g/mol. The molecule has 1 aromatic carbocycles. The van der Waals surface area contributed by atoms with Gasteiger partial charge in [0.2, 0.25) is 5.95 Å². The van der Waals surface area contributed by atoms with Gasteiger partial charge in [-0.3, -0.25) is 0 Å². The molecule has 2 N–H and O–H groups in total. The Hall–Kier alpha value is -2.30.